The van der Waals surface area contributed by atoms with Crippen LogP contribution in [0, 0.1) is 16.7 Å². The fourth-order valence-electron chi connectivity index (χ4n) is 14.0. The average molecular weight is 1220 g/mol. The van der Waals surface area contributed by atoms with Crippen LogP contribution in [0.1, 0.15) is 196 Å². The number of carbonyl (C=O) groups excluding carboxylic acids is 7. The van der Waals surface area contributed by atoms with E-state index < -0.39 is 131 Å². The van der Waals surface area contributed by atoms with Crippen LogP contribution in [-0.4, -0.2) is 132 Å². The number of rotatable bonds is 29. The number of hydrogen-bond acceptors (Lipinski definition) is 18. The molecule has 3 aromatic carbocycles. The van der Waals surface area contributed by atoms with E-state index in [1.54, 1.807) is 92.7 Å². The van der Waals surface area contributed by atoms with E-state index in [4.69, 9.17) is 42.6 Å². The normalized spacial score (nSPS) is 28.4. The van der Waals surface area contributed by atoms with Crippen LogP contribution in [-0.2, 0) is 61.8 Å². The molecule has 2 bridgehead atoms. The van der Waals surface area contributed by atoms with Crippen LogP contribution in [0.2, 0.25) is 0 Å². The molecule has 1 amide bonds. The first-order chi connectivity index (χ1) is 42.2. The zero-order valence-corrected chi connectivity index (χ0v) is 52.2. The average Bonchev–Trinajstić information content (AvgIpc) is 0.828. The number of fused-ring (bicyclic) bond motifs is 5. The highest BCUT2D eigenvalue weighted by Crippen LogP contribution is 2.64. The van der Waals surface area contributed by atoms with Gasteiger partial charge < -0.3 is 58.2 Å². The van der Waals surface area contributed by atoms with Crippen LogP contribution in [0.15, 0.2) is 102 Å². The summed E-state index contributed by atoms with van der Waals surface area (Å²) in [5, 5.41) is 29.3. The number of benzene rings is 3. The summed E-state index contributed by atoms with van der Waals surface area (Å²) in [4.78, 5) is 101. The van der Waals surface area contributed by atoms with Gasteiger partial charge in [-0.2, -0.15) is 0 Å². The standard InChI is InChI=1S/C69H91NO18/c1-8-9-10-11-12-13-14-15-16-17-18-19-20-21-31-38-54-80-41-50(84-54)42-81-65(78)86-58(56(47-32-25-22-26-33-47)70-62(75)48-34-27-23-28-35-48)64(77)85-51-40-69(79)61(87-63(76)49-36-29-24-30-37-49)59-67(7,52(73)39-53-68(59,43-82-53)88-46(4)72)60(74)57(83-45(3)71)55(44(51)2)66(69,5)6/h22-30,32-37,50-54,56-59,61,73,79H,8-21,31,38-43H2,1-7H3,(H,70,75)/t50-,51-,52-,53+,54?,56-,57+,58+,59?,61-,67+,68-,69+/m0/s1. The van der Waals surface area contributed by atoms with Gasteiger partial charge in [0.05, 0.1) is 36.2 Å². The van der Waals surface area contributed by atoms with Gasteiger partial charge in [-0.1, -0.05) is 177 Å². The smallest absolute Gasteiger partial charge is 0.455 e. The Balaban J connectivity index is 1.06. The topological polar surface area (TPSA) is 255 Å². The van der Waals surface area contributed by atoms with Crippen LogP contribution in [0.25, 0.3) is 0 Å². The van der Waals surface area contributed by atoms with Crippen LogP contribution >= 0.6 is 0 Å². The minimum atomic E-state index is -2.49. The summed E-state index contributed by atoms with van der Waals surface area (Å²) >= 11 is 0. The SMILES string of the molecule is CCCCCCCCCCCCCCCCCC1OC[C@@H](COC(=O)O[C@@H](C(=O)O[C@H]2C[C@@]3(O)[C@@H](OC(=O)c4ccccc4)C4[C@](C)(C(=O)[C@H](OC(C)=O)C(=C2C)C3(C)C)[C@@H](O)C[C@H]2OC[C@@]42OC(C)=O)[C@@H](NC(=O)c2ccccc2)c2ccccc2)O1. The number of Topliss-reactive ketones (excluding diaryl/α,β-unsaturated/α-hetero) is 1. The molecule has 2 heterocycles. The Morgan fingerprint density at radius 1 is 0.716 bits per heavy atom. The maximum Gasteiger partial charge on any atom is 0.509 e. The summed E-state index contributed by atoms with van der Waals surface area (Å²) < 4.78 is 54.8. The fourth-order valence-corrected chi connectivity index (χ4v) is 14.0. The van der Waals surface area contributed by atoms with Crippen molar-refractivity contribution >= 4 is 41.7 Å². The lowest BCUT2D eigenvalue weighted by molar-refractivity contribution is -0.346. The Kier molecular flexibility index (Phi) is 23.2. The third-order valence-corrected chi connectivity index (χ3v) is 18.9. The molecule has 3 N–H and O–H groups in total. The summed E-state index contributed by atoms with van der Waals surface area (Å²) in [6.07, 6.45) is 5.83. The second-order valence-electron chi connectivity index (χ2n) is 25.3. The van der Waals surface area contributed by atoms with Crippen molar-refractivity contribution in [2.75, 3.05) is 19.8 Å². The minimum Gasteiger partial charge on any atom is -0.455 e. The summed E-state index contributed by atoms with van der Waals surface area (Å²) in [7, 11) is 0. The Morgan fingerprint density at radius 3 is 1.84 bits per heavy atom. The van der Waals surface area contributed by atoms with Crippen molar-refractivity contribution < 1.29 is 86.4 Å². The van der Waals surface area contributed by atoms with Crippen LogP contribution in [0.3, 0.4) is 0 Å². The molecule has 19 nitrogen and oxygen atoms in total. The number of aliphatic hydroxyl groups is 2. The predicted molar refractivity (Wildman–Crippen MR) is 322 cm³/mol. The molecule has 5 aliphatic rings. The van der Waals surface area contributed by atoms with E-state index in [0.717, 1.165) is 33.1 Å². The van der Waals surface area contributed by atoms with Crippen molar-refractivity contribution in [1.29, 1.82) is 0 Å². The molecule has 3 aromatic rings. The number of ketones is 1. The molecule has 4 fully saturated rings. The summed E-state index contributed by atoms with van der Waals surface area (Å²) in [5.41, 5.74) is -7.58. The van der Waals surface area contributed by atoms with Gasteiger partial charge >= 0.3 is 30.0 Å². The van der Waals surface area contributed by atoms with E-state index in [1.807, 2.05) is 0 Å². The van der Waals surface area contributed by atoms with E-state index in [9.17, 15) is 34.2 Å². The molecule has 3 aliphatic carbocycles. The van der Waals surface area contributed by atoms with Crippen LogP contribution in [0.5, 0.6) is 0 Å². The Bertz CT molecular complexity index is 2900. The molecule has 0 radical (unpaired) electrons. The number of aliphatic hydroxyl groups excluding tert-OH is 1. The van der Waals surface area contributed by atoms with Crippen molar-refractivity contribution in [2.24, 2.45) is 16.7 Å². The highest BCUT2D eigenvalue weighted by atomic mass is 16.8. The maximum atomic E-state index is 15.9. The molecule has 0 aromatic heterocycles. The van der Waals surface area contributed by atoms with Gasteiger partial charge in [0.15, 0.2) is 23.8 Å². The molecular formula is C69H91NO18. The van der Waals surface area contributed by atoms with Crippen LogP contribution < -0.4 is 5.32 Å². The number of hydrogen-bond donors (Lipinski definition) is 3. The number of amides is 1. The monoisotopic (exact) mass is 1220 g/mol. The molecule has 0 spiro atoms. The molecule has 2 saturated carbocycles. The van der Waals surface area contributed by atoms with E-state index in [2.05, 4.69) is 12.2 Å². The molecule has 480 valence electrons. The van der Waals surface area contributed by atoms with E-state index in [1.165, 1.54) is 103 Å². The van der Waals surface area contributed by atoms with Gasteiger partial charge in [-0.3, -0.25) is 19.2 Å². The highest BCUT2D eigenvalue weighted by molar-refractivity contribution is 5.96. The molecular weight excluding hydrogens is 1130 g/mol. The van der Waals surface area contributed by atoms with E-state index >= 15 is 9.59 Å². The van der Waals surface area contributed by atoms with Gasteiger partial charge in [-0.05, 0) is 67.7 Å². The molecule has 88 heavy (non-hydrogen) atoms. The lowest BCUT2D eigenvalue weighted by Crippen LogP contribution is -2.82. The predicted octanol–water partition coefficient (Wildman–Crippen LogP) is 10.9. The van der Waals surface area contributed by atoms with Crippen molar-refractivity contribution in [3.8, 4) is 0 Å². The fraction of sp³-hybridized carbons (Fsp3) is 0.609. The van der Waals surface area contributed by atoms with Gasteiger partial charge in [0.25, 0.3) is 5.91 Å². The lowest BCUT2D eigenvalue weighted by atomic mass is 9.44. The van der Waals surface area contributed by atoms with Crippen molar-refractivity contribution in [3.63, 3.8) is 0 Å². The van der Waals surface area contributed by atoms with Gasteiger partial charge in [-0.15, -0.1) is 0 Å². The Labute approximate surface area is 517 Å². The molecule has 2 unspecified atom stereocenters. The first-order valence-electron chi connectivity index (χ1n) is 31.8. The maximum absolute atomic E-state index is 15.9. The third-order valence-electron chi connectivity index (χ3n) is 18.9. The first-order valence-corrected chi connectivity index (χ1v) is 31.8. The second kappa shape index (κ2) is 30.3. The first kappa shape index (κ1) is 67.4. The number of unbranched alkanes of at least 4 members (excludes halogenated alkanes) is 14. The number of esters is 4. The molecule has 2 saturated heterocycles. The van der Waals surface area contributed by atoms with E-state index in [0.29, 0.717) is 12.0 Å². The zero-order chi connectivity index (χ0) is 63.2. The zero-order valence-electron chi connectivity index (χ0n) is 52.2. The molecule has 19 heteroatoms. The minimum absolute atomic E-state index is 0.0421. The van der Waals surface area contributed by atoms with Gasteiger partial charge in [0.1, 0.15) is 42.7 Å². The van der Waals surface area contributed by atoms with Crippen molar-refractivity contribution in [1.82, 2.24) is 5.32 Å². The quantitative estimate of drug-likeness (QED) is 0.0253. The summed E-state index contributed by atoms with van der Waals surface area (Å²) in [6.45, 7) is 9.97. The third kappa shape index (κ3) is 15.2. The summed E-state index contributed by atoms with van der Waals surface area (Å²) in [6, 6.07) is 22.8. The molecule has 13 atom stereocenters. The molecule has 2 aliphatic heterocycles. The Hall–Kier alpha value is -6.51. The number of ether oxygens (including phenoxy) is 9. The second-order valence-corrected chi connectivity index (χ2v) is 25.3. The highest BCUT2D eigenvalue weighted by Gasteiger charge is 2.78. The number of carbonyl (C=O) groups is 7. The van der Waals surface area contributed by atoms with Crippen LogP contribution in [0.4, 0.5) is 4.79 Å². The van der Waals surface area contributed by atoms with E-state index in [-0.39, 0.29) is 48.5 Å². The van der Waals surface area contributed by atoms with Gasteiger partial charge in [0.2, 0.25) is 6.10 Å². The molecule has 8 rings (SSSR count). The van der Waals surface area contributed by atoms with Crippen molar-refractivity contribution in [3.05, 3.63) is 119 Å². The lowest BCUT2D eigenvalue weighted by Gasteiger charge is -2.67. The number of nitrogens with one attached hydrogen (secondary N) is 1. The summed E-state index contributed by atoms with van der Waals surface area (Å²) in [5.74, 6) is -7.12. The Morgan fingerprint density at radius 2 is 1.28 bits per heavy atom. The van der Waals surface area contributed by atoms with Gasteiger partial charge in [-0.25, -0.2) is 14.4 Å². The largest absolute Gasteiger partial charge is 0.509 e. The van der Waals surface area contributed by atoms with Crippen molar-refractivity contribution in [2.45, 2.75) is 230 Å². The van der Waals surface area contributed by atoms with Gasteiger partial charge in [0, 0.05) is 37.7 Å².